The first kappa shape index (κ1) is 18.2. The summed E-state index contributed by atoms with van der Waals surface area (Å²) in [6.45, 7) is 5.10. The van der Waals surface area contributed by atoms with Gasteiger partial charge in [-0.3, -0.25) is 0 Å². The zero-order chi connectivity index (χ0) is 15.7. The van der Waals surface area contributed by atoms with Crippen molar-refractivity contribution in [3.63, 3.8) is 0 Å². The third kappa shape index (κ3) is 5.44. The highest BCUT2D eigenvalue weighted by atomic mass is 35.5. The molecule has 0 fully saturated rings. The smallest absolute Gasteiger partial charge is 0.128 e. The summed E-state index contributed by atoms with van der Waals surface area (Å²) >= 11 is 11.7. The molecule has 0 N–H and O–H groups in total. The van der Waals surface area contributed by atoms with E-state index in [0.717, 1.165) is 22.6 Å². The Morgan fingerprint density at radius 1 is 1.10 bits per heavy atom. The molecule has 0 aliphatic rings. The summed E-state index contributed by atoms with van der Waals surface area (Å²) in [5.41, 5.74) is 2.99. The summed E-state index contributed by atoms with van der Waals surface area (Å²) in [5, 5.41) is 1.60. The van der Waals surface area contributed by atoms with Gasteiger partial charge in [0.2, 0.25) is 0 Å². The van der Waals surface area contributed by atoms with Crippen LogP contribution in [0.2, 0.25) is 0 Å². The molecule has 0 saturated carbocycles. The van der Waals surface area contributed by atoms with Crippen molar-refractivity contribution in [1.82, 2.24) is 0 Å². The number of unbranched alkanes of at least 4 members (excludes halogenated alkanes) is 1. The average Bonchev–Trinajstić information content (AvgIpc) is 2.54. The van der Waals surface area contributed by atoms with Gasteiger partial charge in [-0.1, -0.05) is 56.3 Å². The number of methoxy groups -OCH3 is 1. The maximum atomic E-state index is 5.97. The van der Waals surface area contributed by atoms with E-state index in [1.54, 1.807) is 7.11 Å². The SMILES string of the molecule is CCCCC(CC)COc1c/c(=C/Cl)c(OC)c/c1=C/Cl. The molecule has 0 saturated heterocycles. The van der Waals surface area contributed by atoms with E-state index in [9.17, 15) is 0 Å². The third-order valence-corrected chi connectivity index (χ3v) is 4.09. The second-order valence-electron chi connectivity index (χ2n) is 5.08. The lowest BCUT2D eigenvalue weighted by Gasteiger charge is -2.16. The van der Waals surface area contributed by atoms with E-state index in [1.165, 1.54) is 30.3 Å². The van der Waals surface area contributed by atoms with Gasteiger partial charge in [0.25, 0.3) is 0 Å². The van der Waals surface area contributed by atoms with Crippen LogP contribution in [0.25, 0.3) is 11.1 Å². The zero-order valence-electron chi connectivity index (χ0n) is 13.0. The Morgan fingerprint density at radius 2 is 1.71 bits per heavy atom. The van der Waals surface area contributed by atoms with Gasteiger partial charge in [0.05, 0.1) is 13.7 Å². The molecular weight excluding hydrogens is 307 g/mol. The molecule has 0 amide bonds. The van der Waals surface area contributed by atoms with Gasteiger partial charge in [-0.15, -0.1) is 0 Å². The Kier molecular flexibility index (Phi) is 8.63. The highest BCUT2D eigenvalue weighted by Crippen LogP contribution is 2.15. The molecule has 1 atom stereocenters. The summed E-state index contributed by atoms with van der Waals surface area (Å²) < 4.78 is 11.3. The molecule has 0 aliphatic carbocycles. The lowest BCUT2D eigenvalue weighted by Crippen LogP contribution is -2.19. The number of halogens is 2. The number of ether oxygens (including phenoxy) is 2. The van der Waals surface area contributed by atoms with Crippen molar-refractivity contribution in [2.45, 2.75) is 39.5 Å². The van der Waals surface area contributed by atoms with Gasteiger partial charge < -0.3 is 9.47 Å². The summed E-state index contributed by atoms with van der Waals surface area (Å²) in [6, 6.07) is 3.70. The van der Waals surface area contributed by atoms with E-state index >= 15 is 0 Å². The molecule has 2 nitrogen and oxygen atoms in total. The topological polar surface area (TPSA) is 18.5 Å². The van der Waals surface area contributed by atoms with E-state index in [-0.39, 0.29) is 0 Å². The molecule has 0 aliphatic heterocycles. The summed E-state index contributed by atoms with van der Waals surface area (Å²) in [5.74, 6) is 1.99. The fraction of sp³-hybridized carbons (Fsp3) is 0.529. The predicted octanol–water partition coefficient (Wildman–Crippen LogP) is 4.24. The Labute approximate surface area is 137 Å². The Bertz CT molecular complexity index is 540. The zero-order valence-corrected chi connectivity index (χ0v) is 14.5. The lowest BCUT2D eigenvalue weighted by molar-refractivity contribution is 0.231. The van der Waals surface area contributed by atoms with Crippen molar-refractivity contribution in [2.75, 3.05) is 13.7 Å². The molecule has 21 heavy (non-hydrogen) atoms. The Balaban J connectivity index is 2.92. The lowest BCUT2D eigenvalue weighted by atomic mass is 10.0. The van der Waals surface area contributed by atoms with Crippen LogP contribution < -0.4 is 19.9 Å². The van der Waals surface area contributed by atoms with Crippen LogP contribution in [0, 0.1) is 5.92 Å². The van der Waals surface area contributed by atoms with Crippen LogP contribution in [-0.2, 0) is 0 Å². The normalized spacial score (nSPS) is 14.3. The quantitative estimate of drug-likeness (QED) is 0.709. The number of hydrogen-bond acceptors (Lipinski definition) is 2. The van der Waals surface area contributed by atoms with Gasteiger partial charge >= 0.3 is 0 Å². The molecule has 4 heteroatoms. The van der Waals surface area contributed by atoms with Gasteiger partial charge in [-0.05, 0) is 24.5 Å². The largest absolute Gasteiger partial charge is 0.496 e. The second kappa shape index (κ2) is 9.97. The summed E-state index contributed by atoms with van der Waals surface area (Å²) in [4.78, 5) is 0. The molecule has 1 aromatic carbocycles. The van der Waals surface area contributed by atoms with E-state index < -0.39 is 0 Å². The minimum atomic E-state index is 0.568. The van der Waals surface area contributed by atoms with Gasteiger partial charge in [0, 0.05) is 21.5 Å². The fourth-order valence-electron chi connectivity index (χ4n) is 2.17. The molecule has 0 heterocycles. The highest BCUT2D eigenvalue weighted by Gasteiger charge is 2.09. The van der Waals surface area contributed by atoms with Crippen LogP contribution in [-0.4, -0.2) is 13.7 Å². The summed E-state index contributed by atoms with van der Waals surface area (Å²) in [7, 11) is 1.61. The molecule has 0 spiro atoms. The van der Waals surface area contributed by atoms with Crippen LogP contribution >= 0.6 is 23.2 Å². The minimum Gasteiger partial charge on any atom is -0.496 e. The van der Waals surface area contributed by atoms with Crippen molar-refractivity contribution in [1.29, 1.82) is 0 Å². The number of benzene rings is 1. The molecule has 1 rings (SSSR count). The van der Waals surface area contributed by atoms with Gasteiger partial charge in [0.1, 0.15) is 11.5 Å². The van der Waals surface area contributed by atoms with E-state index in [1.807, 2.05) is 12.1 Å². The van der Waals surface area contributed by atoms with Gasteiger partial charge in [-0.25, -0.2) is 0 Å². The average molecular weight is 331 g/mol. The van der Waals surface area contributed by atoms with Crippen LogP contribution in [0.3, 0.4) is 0 Å². The molecule has 1 aromatic rings. The van der Waals surface area contributed by atoms with E-state index in [0.29, 0.717) is 18.3 Å². The highest BCUT2D eigenvalue weighted by molar-refractivity contribution is 6.39. The number of rotatable bonds is 8. The molecule has 0 aromatic heterocycles. The van der Waals surface area contributed by atoms with Crippen molar-refractivity contribution < 1.29 is 9.47 Å². The maximum Gasteiger partial charge on any atom is 0.128 e. The first-order valence-electron chi connectivity index (χ1n) is 7.41. The molecule has 118 valence electrons. The minimum absolute atomic E-state index is 0.568. The van der Waals surface area contributed by atoms with Crippen LogP contribution in [0.1, 0.15) is 39.5 Å². The van der Waals surface area contributed by atoms with Gasteiger partial charge in [-0.2, -0.15) is 0 Å². The molecule has 0 bridgehead atoms. The molecule has 1 unspecified atom stereocenters. The van der Waals surface area contributed by atoms with Crippen LogP contribution in [0.15, 0.2) is 12.1 Å². The Hall–Kier alpha value is -0.860. The molecular formula is C17H24Cl2O2. The van der Waals surface area contributed by atoms with Crippen molar-refractivity contribution in [2.24, 2.45) is 5.92 Å². The van der Waals surface area contributed by atoms with Crippen molar-refractivity contribution in [3.05, 3.63) is 22.6 Å². The van der Waals surface area contributed by atoms with Crippen molar-refractivity contribution >= 4 is 34.3 Å². The molecule has 0 radical (unpaired) electrons. The fourth-order valence-corrected chi connectivity index (χ4v) is 2.51. The monoisotopic (exact) mass is 330 g/mol. The third-order valence-electron chi connectivity index (χ3n) is 3.62. The van der Waals surface area contributed by atoms with Crippen LogP contribution in [0.5, 0.6) is 11.5 Å². The maximum absolute atomic E-state index is 5.97. The second-order valence-corrected chi connectivity index (χ2v) is 5.51. The van der Waals surface area contributed by atoms with E-state index in [2.05, 4.69) is 13.8 Å². The standard InChI is InChI=1S/C17H24Cl2O2/c1-4-6-7-13(5-2)12-21-17-9-14(10-18)16(20-3)8-15(17)11-19/h8-11,13H,4-7,12H2,1-3H3/b14-10-,15-11-. The summed E-state index contributed by atoms with van der Waals surface area (Å²) in [6.07, 6.45) is 4.76. The van der Waals surface area contributed by atoms with Crippen molar-refractivity contribution in [3.8, 4) is 11.5 Å². The first-order chi connectivity index (χ1) is 10.2. The van der Waals surface area contributed by atoms with Crippen LogP contribution in [0.4, 0.5) is 0 Å². The first-order valence-corrected chi connectivity index (χ1v) is 8.29. The number of hydrogen-bond donors (Lipinski definition) is 0. The van der Waals surface area contributed by atoms with Gasteiger partial charge in [0.15, 0.2) is 0 Å². The Morgan fingerprint density at radius 3 is 2.24 bits per heavy atom. The predicted molar refractivity (Wildman–Crippen MR) is 91.7 cm³/mol. The van der Waals surface area contributed by atoms with E-state index in [4.69, 9.17) is 32.7 Å².